The zero-order valence-corrected chi connectivity index (χ0v) is 15.0. The molecule has 0 aromatic carbocycles. The van der Waals surface area contributed by atoms with Crippen LogP contribution in [-0.4, -0.2) is 56.8 Å². The second kappa shape index (κ2) is 9.08. The molecule has 1 saturated heterocycles. The van der Waals surface area contributed by atoms with Crippen LogP contribution in [-0.2, 0) is 10.2 Å². The van der Waals surface area contributed by atoms with Crippen molar-refractivity contribution in [2.75, 3.05) is 39.8 Å². The molecule has 1 fully saturated rings. The normalized spacial score (nSPS) is 21.3. The van der Waals surface area contributed by atoms with E-state index in [1.807, 2.05) is 14.0 Å². The molecule has 21 heavy (non-hydrogen) atoms. The number of rotatable bonds is 9. The van der Waals surface area contributed by atoms with Crippen LogP contribution in [0.15, 0.2) is 0 Å². The zero-order valence-electron chi connectivity index (χ0n) is 14.1. The monoisotopic (exact) mass is 319 g/mol. The lowest BCUT2D eigenvalue weighted by Crippen LogP contribution is -2.50. The Labute approximate surface area is 131 Å². The Hall–Kier alpha value is -0.170. The highest BCUT2D eigenvalue weighted by Gasteiger charge is 2.33. The molecule has 1 heterocycles. The average Bonchev–Trinajstić information content (AvgIpc) is 2.49. The van der Waals surface area contributed by atoms with E-state index in [0.717, 1.165) is 32.2 Å². The topological polar surface area (TPSA) is 52.7 Å². The second-order valence-corrected chi connectivity index (χ2v) is 7.99. The van der Waals surface area contributed by atoms with E-state index < -0.39 is 10.2 Å². The van der Waals surface area contributed by atoms with Gasteiger partial charge < -0.3 is 5.32 Å². The van der Waals surface area contributed by atoms with Crippen LogP contribution >= 0.6 is 0 Å². The van der Waals surface area contributed by atoms with Crippen molar-refractivity contribution in [1.82, 2.24) is 13.9 Å². The quantitative estimate of drug-likeness (QED) is 0.706. The summed E-state index contributed by atoms with van der Waals surface area (Å²) in [7, 11) is -1.37. The molecule has 0 bridgehead atoms. The van der Waals surface area contributed by atoms with Crippen molar-refractivity contribution < 1.29 is 8.42 Å². The van der Waals surface area contributed by atoms with Crippen LogP contribution in [0, 0.1) is 11.8 Å². The van der Waals surface area contributed by atoms with Gasteiger partial charge in [-0.1, -0.05) is 33.6 Å². The fraction of sp³-hybridized carbons (Fsp3) is 1.00. The minimum atomic E-state index is -3.30. The van der Waals surface area contributed by atoms with Crippen molar-refractivity contribution in [2.24, 2.45) is 11.8 Å². The van der Waals surface area contributed by atoms with Crippen LogP contribution in [0.3, 0.4) is 0 Å². The molecule has 0 aromatic rings. The number of hydrogen-bond donors (Lipinski definition) is 1. The minimum absolute atomic E-state index is 0.436. The van der Waals surface area contributed by atoms with Gasteiger partial charge in [0.25, 0.3) is 10.2 Å². The minimum Gasteiger partial charge on any atom is -0.319 e. The molecule has 1 aliphatic rings. The van der Waals surface area contributed by atoms with E-state index in [-0.39, 0.29) is 0 Å². The standard InChI is InChI=1S/C15H33N3O2S/c1-5-14(6-2)12-17(7-3)21(19,20)18-10-8-9-15(13-18)11-16-4/h14-16H,5-13H2,1-4H3. The van der Waals surface area contributed by atoms with E-state index in [1.165, 1.54) is 0 Å². The SMILES string of the molecule is CCC(CC)CN(CC)S(=O)(=O)N1CCCC(CNC)C1. The van der Waals surface area contributed by atoms with Gasteiger partial charge in [0.1, 0.15) is 0 Å². The highest BCUT2D eigenvalue weighted by atomic mass is 32.2. The summed E-state index contributed by atoms with van der Waals surface area (Å²) in [5.74, 6) is 0.892. The smallest absolute Gasteiger partial charge is 0.281 e. The Morgan fingerprint density at radius 1 is 1.29 bits per heavy atom. The number of nitrogens with zero attached hydrogens (tertiary/aromatic N) is 2. The van der Waals surface area contributed by atoms with Crippen molar-refractivity contribution >= 4 is 10.2 Å². The Morgan fingerprint density at radius 2 is 1.95 bits per heavy atom. The maximum absolute atomic E-state index is 12.9. The van der Waals surface area contributed by atoms with Gasteiger partial charge in [0, 0.05) is 26.2 Å². The van der Waals surface area contributed by atoms with Crippen molar-refractivity contribution in [1.29, 1.82) is 0 Å². The van der Waals surface area contributed by atoms with Crippen LogP contribution in [0.25, 0.3) is 0 Å². The zero-order chi connectivity index (χ0) is 15.9. The van der Waals surface area contributed by atoms with Crippen molar-refractivity contribution in [3.05, 3.63) is 0 Å². The predicted octanol–water partition coefficient (Wildman–Crippen LogP) is 1.92. The highest BCUT2D eigenvalue weighted by Crippen LogP contribution is 2.22. The molecule has 1 atom stereocenters. The van der Waals surface area contributed by atoms with Gasteiger partial charge >= 0.3 is 0 Å². The molecule has 0 aliphatic carbocycles. The van der Waals surface area contributed by atoms with Gasteiger partial charge in [-0.15, -0.1) is 0 Å². The molecule has 0 spiro atoms. The lowest BCUT2D eigenvalue weighted by Gasteiger charge is -2.36. The van der Waals surface area contributed by atoms with E-state index in [4.69, 9.17) is 0 Å². The van der Waals surface area contributed by atoms with E-state index in [9.17, 15) is 8.42 Å². The molecule has 0 amide bonds. The van der Waals surface area contributed by atoms with Gasteiger partial charge in [0.2, 0.25) is 0 Å². The van der Waals surface area contributed by atoms with Crippen molar-refractivity contribution in [2.45, 2.75) is 46.5 Å². The fourth-order valence-electron chi connectivity index (χ4n) is 3.08. The van der Waals surface area contributed by atoms with E-state index >= 15 is 0 Å². The first kappa shape index (κ1) is 18.9. The first-order valence-electron chi connectivity index (χ1n) is 8.39. The summed E-state index contributed by atoms with van der Waals surface area (Å²) in [6.07, 6.45) is 4.15. The molecule has 126 valence electrons. The Bertz CT molecular complexity index is 380. The molecule has 0 saturated carbocycles. The molecular weight excluding hydrogens is 286 g/mol. The fourth-order valence-corrected chi connectivity index (χ4v) is 4.89. The summed E-state index contributed by atoms with van der Waals surface area (Å²) < 4.78 is 29.1. The van der Waals surface area contributed by atoms with Gasteiger partial charge in [0.05, 0.1) is 0 Å². The van der Waals surface area contributed by atoms with Gasteiger partial charge in [-0.2, -0.15) is 17.0 Å². The largest absolute Gasteiger partial charge is 0.319 e. The van der Waals surface area contributed by atoms with Crippen LogP contribution in [0.1, 0.15) is 46.5 Å². The van der Waals surface area contributed by atoms with Crippen molar-refractivity contribution in [3.8, 4) is 0 Å². The molecule has 6 heteroatoms. The summed E-state index contributed by atoms with van der Waals surface area (Å²) in [6.45, 7) is 9.65. The molecule has 1 unspecified atom stereocenters. The molecule has 5 nitrogen and oxygen atoms in total. The van der Waals surface area contributed by atoms with Gasteiger partial charge in [-0.3, -0.25) is 0 Å². The molecule has 0 aromatic heterocycles. The third-order valence-corrected chi connectivity index (χ3v) is 6.64. The number of piperidine rings is 1. The van der Waals surface area contributed by atoms with Crippen LogP contribution < -0.4 is 5.32 Å². The molecular formula is C15H33N3O2S. The Balaban J connectivity index is 2.76. The lowest BCUT2D eigenvalue weighted by molar-refractivity contribution is 0.237. The van der Waals surface area contributed by atoms with Gasteiger partial charge in [-0.25, -0.2) is 0 Å². The summed E-state index contributed by atoms with van der Waals surface area (Å²) in [6, 6.07) is 0. The first-order valence-corrected chi connectivity index (χ1v) is 9.78. The summed E-state index contributed by atoms with van der Waals surface area (Å²) >= 11 is 0. The third kappa shape index (κ3) is 5.20. The Morgan fingerprint density at radius 3 is 2.48 bits per heavy atom. The van der Waals surface area contributed by atoms with E-state index in [2.05, 4.69) is 19.2 Å². The maximum Gasteiger partial charge on any atom is 0.281 e. The molecule has 1 rings (SSSR count). The lowest BCUT2D eigenvalue weighted by atomic mass is 10.00. The van der Waals surface area contributed by atoms with E-state index in [0.29, 0.717) is 38.0 Å². The molecule has 1 aliphatic heterocycles. The summed E-state index contributed by atoms with van der Waals surface area (Å²) in [5, 5.41) is 3.17. The van der Waals surface area contributed by atoms with Crippen LogP contribution in [0.2, 0.25) is 0 Å². The predicted molar refractivity (Wildman–Crippen MR) is 88.5 cm³/mol. The maximum atomic E-state index is 12.9. The van der Waals surface area contributed by atoms with Gasteiger partial charge in [-0.05, 0) is 38.3 Å². The Kier molecular flexibility index (Phi) is 8.16. The third-order valence-electron chi connectivity index (χ3n) is 4.60. The van der Waals surface area contributed by atoms with E-state index in [1.54, 1.807) is 8.61 Å². The number of nitrogens with one attached hydrogen (secondary N) is 1. The first-order chi connectivity index (χ1) is 9.99. The summed E-state index contributed by atoms with van der Waals surface area (Å²) in [4.78, 5) is 0. The van der Waals surface area contributed by atoms with Gasteiger partial charge in [0.15, 0.2) is 0 Å². The van der Waals surface area contributed by atoms with Crippen LogP contribution in [0.5, 0.6) is 0 Å². The number of hydrogen-bond acceptors (Lipinski definition) is 3. The molecule has 0 radical (unpaired) electrons. The molecule has 1 N–H and O–H groups in total. The highest BCUT2D eigenvalue weighted by molar-refractivity contribution is 7.86. The summed E-state index contributed by atoms with van der Waals surface area (Å²) in [5.41, 5.74) is 0. The van der Waals surface area contributed by atoms with Crippen molar-refractivity contribution in [3.63, 3.8) is 0 Å². The van der Waals surface area contributed by atoms with Crippen LogP contribution in [0.4, 0.5) is 0 Å². The second-order valence-electron chi connectivity index (χ2n) is 6.06. The average molecular weight is 320 g/mol.